The Morgan fingerprint density at radius 2 is 1.75 bits per heavy atom. The first-order valence-electron chi connectivity index (χ1n) is 7.91. The monoisotopic (exact) mass is 281 g/mol. The van der Waals surface area contributed by atoms with Gasteiger partial charge in [0.15, 0.2) is 0 Å². The summed E-state index contributed by atoms with van der Waals surface area (Å²) in [6, 6.07) is 4.04. The lowest BCUT2D eigenvalue weighted by atomic mass is 10.1. The minimum Gasteiger partial charge on any atom is -0.462 e. The molecule has 1 rings (SSSR count). The Labute approximate surface area is 124 Å². The van der Waals surface area contributed by atoms with Crippen LogP contribution in [0.2, 0.25) is 0 Å². The molecule has 0 aliphatic heterocycles. The highest BCUT2D eigenvalue weighted by Crippen LogP contribution is 2.11. The van der Waals surface area contributed by atoms with Crippen LogP contribution < -0.4 is 5.32 Å². The summed E-state index contributed by atoms with van der Waals surface area (Å²) in [5.41, 5.74) is 0.113. The van der Waals surface area contributed by atoms with Gasteiger partial charge in [-0.15, -0.1) is 0 Å². The van der Waals surface area contributed by atoms with Crippen molar-refractivity contribution in [2.24, 2.45) is 0 Å². The van der Waals surface area contributed by atoms with Gasteiger partial charge in [-0.05, 0) is 39.3 Å². The maximum Gasteiger partial charge on any atom is 0.129 e. The molecule has 0 amide bonds. The van der Waals surface area contributed by atoms with E-state index in [9.17, 15) is 0 Å². The van der Waals surface area contributed by atoms with E-state index in [-0.39, 0.29) is 5.54 Å². The van der Waals surface area contributed by atoms with Crippen molar-refractivity contribution in [2.45, 2.75) is 78.5 Å². The van der Waals surface area contributed by atoms with Crippen LogP contribution in [-0.2, 0) is 17.9 Å². The summed E-state index contributed by atoms with van der Waals surface area (Å²) in [5, 5.41) is 3.41. The summed E-state index contributed by atoms with van der Waals surface area (Å²) in [4.78, 5) is 0. The van der Waals surface area contributed by atoms with E-state index < -0.39 is 0 Å². The molecule has 3 heteroatoms. The highest BCUT2D eigenvalue weighted by atomic mass is 16.5. The van der Waals surface area contributed by atoms with E-state index in [2.05, 4.69) is 33.0 Å². The maximum absolute atomic E-state index is 5.74. The van der Waals surface area contributed by atoms with E-state index in [0.29, 0.717) is 6.61 Å². The summed E-state index contributed by atoms with van der Waals surface area (Å²) in [5.74, 6) is 1.89. The number of unbranched alkanes of at least 4 members (excludes halogenated alkanes) is 4. The molecule has 1 heterocycles. The second kappa shape index (κ2) is 9.19. The lowest BCUT2D eigenvalue weighted by Gasteiger charge is -2.19. The molecule has 0 spiro atoms. The molecule has 1 N–H and O–H groups in total. The van der Waals surface area contributed by atoms with Gasteiger partial charge in [0.25, 0.3) is 0 Å². The minimum absolute atomic E-state index is 0.113. The van der Waals surface area contributed by atoms with Crippen molar-refractivity contribution in [3.05, 3.63) is 23.7 Å². The summed E-state index contributed by atoms with van der Waals surface area (Å²) < 4.78 is 11.4. The van der Waals surface area contributed by atoms with Gasteiger partial charge < -0.3 is 14.5 Å². The van der Waals surface area contributed by atoms with Crippen LogP contribution in [0, 0.1) is 0 Å². The Balaban J connectivity index is 2.11. The van der Waals surface area contributed by atoms with Crippen molar-refractivity contribution in [3.63, 3.8) is 0 Å². The Morgan fingerprint density at radius 1 is 1.05 bits per heavy atom. The molecule has 20 heavy (non-hydrogen) atoms. The first kappa shape index (κ1) is 17.3. The first-order chi connectivity index (χ1) is 9.51. The molecule has 0 fully saturated rings. The Hall–Kier alpha value is -0.800. The average Bonchev–Trinajstić information content (AvgIpc) is 2.82. The van der Waals surface area contributed by atoms with Crippen molar-refractivity contribution < 1.29 is 9.15 Å². The topological polar surface area (TPSA) is 34.4 Å². The van der Waals surface area contributed by atoms with Crippen molar-refractivity contribution >= 4 is 0 Å². The maximum atomic E-state index is 5.74. The highest BCUT2D eigenvalue weighted by Gasteiger charge is 2.10. The van der Waals surface area contributed by atoms with Crippen LogP contribution in [0.5, 0.6) is 0 Å². The van der Waals surface area contributed by atoms with Crippen LogP contribution >= 0.6 is 0 Å². The van der Waals surface area contributed by atoms with Crippen molar-refractivity contribution in [3.8, 4) is 0 Å². The van der Waals surface area contributed by atoms with Crippen LogP contribution in [0.25, 0.3) is 0 Å². The first-order valence-corrected chi connectivity index (χ1v) is 7.91. The van der Waals surface area contributed by atoms with Gasteiger partial charge in [0, 0.05) is 12.1 Å². The fourth-order valence-electron chi connectivity index (χ4n) is 1.93. The third-order valence-corrected chi connectivity index (χ3v) is 3.15. The fraction of sp³-hybridized carbons (Fsp3) is 0.765. The van der Waals surface area contributed by atoms with Crippen molar-refractivity contribution in [1.82, 2.24) is 5.32 Å². The van der Waals surface area contributed by atoms with Gasteiger partial charge in [0.1, 0.15) is 18.1 Å². The van der Waals surface area contributed by atoms with Crippen LogP contribution in [0.4, 0.5) is 0 Å². The molecule has 0 bridgehead atoms. The van der Waals surface area contributed by atoms with E-state index >= 15 is 0 Å². The average molecular weight is 281 g/mol. The number of furan rings is 1. The van der Waals surface area contributed by atoms with Crippen LogP contribution in [0.1, 0.15) is 71.3 Å². The van der Waals surface area contributed by atoms with Gasteiger partial charge in [0.05, 0.1) is 6.54 Å². The fourth-order valence-corrected chi connectivity index (χ4v) is 1.93. The van der Waals surface area contributed by atoms with Gasteiger partial charge >= 0.3 is 0 Å². The van der Waals surface area contributed by atoms with Crippen LogP contribution in [0.3, 0.4) is 0 Å². The van der Waals surface area contributed by atoms with Gasteiger partial charge in [-0.3, -0.25) is 0 Å². The molecular formula is C17H31NO2. The standard InChI is InChI=1S/C17H31NO2/c1-5-6-7-8-9-12-19-14-16-11-10-15(20-16)13-18-17(2,3)4/h10-11,18H,5-9,12-14H2,1-4H3. The summed E-state index contributed by atoms with van der Waals surface area (Å²) >= 11 is 0. The smallest absolute Gasteiger partial charge is 0.129 e. The summed E-state index contributed by atoms with van der Waals surface area (Å²) in [6.07, 6.45) is 6.37. The summed E-state index contributed by atoms with van der Waals surface area (Å²) in [7, 11) is 0. The predicted molar refractivity (Wildman–Crippen MR) is 83.7 cm³/mol. The van der Waals surface area contributed by atoms with E-state index in [4.69, 9.17) is 9.15 Å². The molecule has 0 saturated carbocycles. The second-order valence-corrected chi connectivity index (χ2v) is 6.44. The zero-order valence-electron chi connectivity index (χ0n) is 13.6. The SMILES string of the molecule is CCCCCCCOCc1ccc(CNC(C)(C)C)o1. The molecule has 1 aromatic heterocycles. The number of rotatable bonds is 10. The van der Waals surface area contributed by atoms with E-state index in [0.717, 1.165) is 31.1 Å². The van der Waals surface area contributed by atoms with Gasteiger partial charge in [-0.2, -0.15) is 0 Å². The lowest BCUT2D eigenvalue weighted by Crippen LogP contribution is -2.34. The van der Waals surface area contributed by atoms with Gasteiger partial charge in [-0.1, -0.05) is 32.6 Å². The quantitative estimate of drug-likeness (QED) is 0.634. The molecule has 116 valence electrons. The van der Waals surface area contributed by atoms with Crippen LogP contribution in [0.15, 0.2) is 16.5 Å². The molecule has 3 nitrogen and oxygen atoms in total. The molecule has 0 aliphatic carbocycles. The molecule has 0 unspecified atom stereocenters. The number of hydrogen-bond donors (Lipinski definition) is 1. The van der Waals surface area contributed by atoms with E-state index in [1.807, 2.05) is 12.1 Å². The van der Waals surface area contributed by atoms with E-state index in [1.165, 1.54) is 25.7 Å². The molecule has 0 atom stereocenters. The van der Waals surface area contributed by atoms with Crippen molar-refractivity contribution in [2.75, 3.05) is 6.61 Å². The Kier molecular flexibility index (Phi) is 7.93. The van der Waals surface area contributed by atoms with Crippen molar-refractivity contribution in [1.29, 1.82) is 0 Å². The van der Waals surface area contributed by atoms with Crippen LogP contribution in [-0.4, -0.2) is 12.1 Å². The molecule has 0 aromatic carbocycles. The number of nitrogens with one attached hydrogen (secondary N) is 1. The largest absolute Gasteiger partial charge is 0.462 e. The highest BCUT2D eigenvalue weighted by molar-refractivity contribution is 5.06. The molecule has 0 radical (unpaired) electrons. The molecule has 0 aliphatic rings. The van der Waals surface area contributed by atoms with Gasteiger partial charge in [-0.25, -0.2) is 0 Å². The number of hydrogen-bond acceptors (Lipinski definition) is 3. The Bertz CT molecular complexity index is 352. The second-order valence-electron chi connectivity index (χ2n) is 6.44. The lowest BCUT2D eigenvalue weighted by molar-refractivity contribution is 0.101. The third kappa shape index (κ3) is 8.39. The zero-order valence-corrected chi connectivity index (χ0v) is 13.6. The summed E-state index contributed by atoms with van der Waals surface area (Å²) in [6.45, 7) is 10.9. The van der Waals surface area contributed by atoms with Gasteiger partial charge in [0.2, 0.25) is 0 Å². The molecular weight excluding hydrogens is 250 g/mol. The number of ether oxygens (including phenoxy) is 1. The molecule has 1 aromatic rings. The normalized spacial score (nSPS) is 12.0. The third-order valence-electron chi connectivity index (χ3n) is 3.15. The minimum atomic E-state index is 0.113. The zero-order chi connectivity index (χ0) is 14.8. The van der Waals surface area contributed by atoms with E-state index in [1.54, 1.807) is 0 Å². The molecule has 0 saturated heterocycles. The Morgan fingerprint density at radius 3 is 2.45 bits per heavy atom. The predicted octanol–water partition coefficient (Wildman–Crippen LogP) is 4.65.